The Bertz CT molecular complexity index is 206. The molecule has 0 amide bonds. The third-order valence-electron chi connectivity index (χ3n) is 3.90. The Kier molecular flexibility index (Phi) is 5.22. The molecule has 0 aromatic carbocycles. The van der Waals surface area contributed by atoms with Gasteiger partial charge in [-0.2, -0.15) is 0 Å². The van der Waals surface area contributed by atoms with Gasteiger partial charge in [0.2, 0.25) is 0 Å². The Morgan fingerprint density at radius 2 is 2.06 bits per heavy atom. The number of likely N-dealkylation sites (tertiary alicyclic amines) is 1. The van der Waals surface area contributed by atoms with Crippen LogP contribution in [0.2, 0.25) is 0 Å². The van der Waals surface area contributed by atoms with Crippen molar-refractivity contribution < 1.29 is 5.11 Å². The Morgan fingerprint density at radius 1 is 1.38 bits per heavy atom. The molecule has 0 spiro atoms. The first-order valence-electron chi connectivity index (χ1n) is 6.51. The lowest BCUT2D eigenvalue weighted by atomic mass is 9.88. The quantitative estimate of drug-likeness (QED) is 0.771. The molecule has 1 heterocycles. The lowest BCUT2D eigenvalue weighted by Gasteiger charge is -2.46. The van der Waals surface area contributed by atoms with Crippen molar-refractivity contribution in [3.05, 3.63) is 0 Å². The Morgan fingerprint density at radius 3 is 2.56 bits per heavy atom. The van der Waals surface area contributed by atoms with E-state index in [1.165, 1.54) is 25.9 Å². The van der Waals surface area contributed by atoms with Gasteiger partial charge >= 0.3 is 0 Å². The van der Waals surface area contributed by atoms with Crippen LogP contribution in [0, 0.1) is 5.92 Å². The maximum atomic E-state index is 9.64. The highest BCUT2D eigenvalue weighted by molar-refractivity contribution is 4.94. The number of rotatable bonds is 5. The van der Waals surface area contributed by atoms with E-state index in [-0.39, 0.29) is 12.1 Å². The van der Waals surface area contributed by atoms with E-state index in [1.54, 1.807) is 0 Å². The zero-order valence-corrected chi connectivity index (χ0v) is 11.4. The maximum absolute atomic E-state index is 9.64. The van der Waals surface area contributed by atoms with E-state index in [1.807, 2.05) is 0 Å². The van der Waals surface area contributed by atoms with Crippen molar-refractivity contribution >= 4 is 0 Å². The summed E-state index contributed by atoms with van der Waals surface area (Å²) in [6.45, 7) is 8.21. The molecular weight excluding hydrogens is 200 g/mol. The van der Waals surface area contributed by atoms with Crippen LogP contribution in [-0.2, 0) is 0 Å². The topological polar surface area (TPSA) is 26.7 Å². The van der Waals surface area contributed by atoms with Gasteiger partial charge in [-0.1, -0.05) is 13.8 Å². The molecule has 3 heteroatoms. The fourth-order valence-electron chi connectivity index (χ4n) is 2.47. The van der Waals surface area contributed by atoms with Gasteiger partial charge in [-0.15, -0.1) is 0 Å². The van der Waals surface area contributed by atoms with Crippen molar-refractivity contribution in [2.45, 2.75) is 38.6 Å². The van der Waals surface area contributed by atoms with Crippen molar-refractivity contribution in [2.75, 3.05) is 40.3 Å². The SMILES string of the molecule is CC(C)CCN1CCCC(CO)(N(C)C)C1. The van der Waals surface area contributed by atoms with Crippen molar-refractivity contribution in [3.63, 3.8) is 0 Å². The minimum Gasteiger partial charge on any atom is -0.394 e. The summed E-state index contributed by atoms with van der Waals surface area (Å²) in [6.07, 6.45) is 3.58. The summed E-state index contributed by atoms with van der Waals surface area (Å²) in [5, 5.41) is 9.64. The summed E-state index contributed by atoms with van der Waals surface area (Å²) in [5.41, 5.74) is -0.00473. The van der Waals surface area contributed by atoms with Gasteiger partial charge in [-0.25, -0.2) is 0 Å². The van der Waals surface area contributed by atoms with E-state index in [0.717, 1.165) is 18.9 Å². The van der Waals surface area contributed by atoms with Gasteiger partial charge in [-0.3, -0.25) is 0 Å². The van der Waals surface area contributed by atoms with Gasteiger partial charge < -0.3 is 14.9 Å². The summed E-state index contributed by atoms with van der Waals surface area (Å²) >= 11 is 0. The van der Waals surface area contributed by atoms with Crippen LogP contribution in [0.3, 0.4) is 0 Å². The lowest BCUT2D eigenvalue weighted by molar-refractivity contribution is -0.00122. The molecule has 3 nitrogen and oxygen atoms in total. The third kappa shape index (κ3) is 3.44. The highest BCUT2D eigenvalue weighted by atomic mass is 16.3. The minimum absolute atomic E-state index is 0.00473. The number of piperidine rings is 1. The van der Waals surface area contributed by atoms with Gasteiger partial charge in [0.15, 0.2) is 0 Å². The van der Waals surface area contributed by atoms with Crippen LogP contribution in [0.25, 0.3) is 0 Å². The predicted octanol–water partition coefficient (Wildman–Crippen LogP) is 1.42. The molecule has 0 bridgehead atoms. The van der Waals surface area contributed by atoms with Crippen LogP contribution in [0.15, 0.2) is 0 Å². The van der Waals surface area contributed by atoms with Gasteiger partial charge in [0.05, 0.1) is 12.1 Å². The Balaban J connectivity index is 2.51. The van der Waals surface area contributed by atoms with Crippen LogP contribution < -0.4 is 0 Å². The monoisotopic (exact) mass is 228 g/mol. The molecule has 1 N–H and O–H groups in total. The van der Waals surface area contributed by atoms with Crippen LogP contribution in [0.5, 0.6) is 0 Å². The molecule has 1 fully saturated rings. The molecule has 0 aromatic heterocycles. The molecule has 96 valence electrons. The Labute approximate surface area is 100 Å². The molecule has 0 aliphatic carbocycles. The van der Waals surface area contributed by atoms with Gasteiger partial charge in [-0.05, 0) is 52.4 Å². The number of aliphatic hydroxyl groups is 1. The van der Waals surface area contributed by atoms with Crippen LogP contribution in [-0.4, -0.2) is 60.8 Å². The van der Waals surface area contributed by atoms with E-state index in [0.29, 0.717) is 0 Å². The third-order valence-corrected chi connectivity index (χ3v) is 3.90. The van der Waals surface area contributed by atoms with E-state index < -0.39 is 0 Å². The molecule has 1 aliphatic rings. The van der Waals surface area contributed by atoms with E-state index in [4.69, 9.17) is 0 Å². The summed E-state index contributed by atoms with van der Waals surface area (Å²) in [6, 6.07) is 0. The van der Waals surface area contributed by atoms with Crippen molar-refractivity contribution in [1.29, 1.82) is 0 Å². The molecule has 0 aromatic rings. The second kappa shape index (κ2) is 5.99. The molecule has 1 rings (SSSR count). The second-order valence-electron chi connectivity index (χ2n) is 5.84. The van der Waals surface area contributed by atoms with E-state index >= 15 is 0 Å². The highest BCUT2D eigenvalue weighted by Gasteiger charge is 2.36. The van der Waals surface area contributed by atoms with Crippen LogP contribution >= 0.6 is 0 Å². The van der Waals surface area contributed by atoms with Gasteiger partial charge in [0, 0.05) is 6.54 Å². The fourth-order valence-corrected chi connectivity index (χ4v) is 2.47. The van der Waals surface area contributed by atoms with Crippen molar-refractivity contribution in [2.24, 2.45) is 5.92 Å². The maximum Gasteiger partial charge on any atom is 0.0627 e. The summed E-state index contributed by atoms with van der Waals surface area (Å²) in [4.78, 5) is 4.72. The van der Waals surface area contributed by atoms with E-state index in [9.17, 15) is 5.11 Å². The number of hydrogen-bond donors (Lipinski definition) is 1. The smallest absolute Gasteiger partial charge is 0.0627 e. The second-order valence-corrected chi connectivity index (χ2v) is 5.84. The number of aliphatic hydroxyl groups excluding tert-OH is 1. The van der Waals surface area contributed by atoms with Crippen LogP contribution in [0.4, 0.5) is 0 Å². The molecule has 1 aliphatic heterocycles. The first kappa shape index (κ1) is 13.9. The first-order valence-corrected chi connectivity index (χ1v) is 6.51. The molecule has 16 heavy (non-hydrogen) atoms. The summed E-state index contributed by atoms with van der Waals surface area (Å²) < 4.78 is 0. The zero-order valence-electron chi connectivity index (χ0n) is 11.4. The average molecular weight is 228 g/mol. The molecule has 1 unspecified atom stereocenters. The highest BCUT2D eigenvalue weighted by Crippen LogP contribution is 2.25. The molecule has 0 radical (unpaired) electrons. The number of hydrogen-bond acceptors (Lipinski definition) is 3. The normalized spacial score (nSPS) is 27.9. The molecular formula is C13H28N2O. The number of nitrogens with zero attached hydrogens (tertiary/aromatic N) is 2. The Hall–Kier alpha value is -0.120. The van der Waals surface area contributed by atoms with Crippen LogP contribution in [0.1, 0.15) is 33.1 Å². The van der Waals surface area contributed by atoms with Gasteiger partial charge in [0.25, 0.3) is 0 Å². The zero-order chi connectivity index (χ0) is 12.2. The largest absolute Gasteiger partial charge is 0.394 e. The molecule has 1 saturated heterocycles. The molecule has 1 atom stereocenters. The van der Waals surface area contributed by atoms with Crippen molar-refractivity contribution in [1.82, 2.24) is 9.80 Å². The fraction of sp³-hybridized carbons (Fsp3) is 1.00. The van der Waals surface area contributed by atoms with E-state index in [2.05, 4.69) is 37.7 Å². The predicted molar refractivity (Wildman–Crippen MR) is 68.6 cm³/mol. The molecule has 0 saturated carbocycles. The summed E-state index contributed by atoms with van der Waals surface area (Å²) in [5.74, 6) is 0.768. The minimum atomic E-state index is -0.00473. The summed E-state index contributed by atoms with van der Waals surface area (Å²) in [7, 11) is 4.17. The standard InChI is InChI=1S/C13H28N2O/c1-12(2)6-9-15-8-5-7-13(10-15,11-16)14(3)4/h12,16H,5-11H2,1-4H3. The first-order chi connectivity index (χ1) is 7.50. The van der Waals surface area contributed by atoms with Crippen molar-refractivity contribution in [3.8, 4) is 0 Å². The number of likely N-dealkylation sites (N-methyl/N-ethyl adjacent to an activating group) is 1. The average Bonchev–Trinajstić information content (AvgIpc) is 2.26. The van der Waals surface area contributed by atoms with Gasteiger partial charge in [0.1, 0.15) is 0 Å². The lowest BCUT2D eigenvalue weighted by Crippen LogP contribution is -2.58.